The van der Waals surface area contributed by atoms with Crippen molar-refractivity contribution < 1.29 is 19.5 Å². The second kappa shape index (κ2) is 12.2. The fraction of sp³-hybridized carbons (Fsp3) is 0.231. The highest BCUT2D eigenvalue weighted by Crippen LogP contribution is 2.26. The number of para-hydroxylation sites is 1. The summed E-state index contributed by atoms with van der Waals surface area (Å²) in [5.74, 6) is 0.601. The van der Waals surface area contributed by atoms with E-state index < -0.39 is 6.09 Å². The van der Waals surface area contributed by atoms with Gasteiger partial charge in [-0.25, -0.2) is 4.79 Å². The maximum absolute atomic E-state index is 12.2. The van der Waals surface area contributed by atoms with Crippen LogP contribution in [-0.4, -0.2) is 23.5 Å². The molecule has 0 radical (unpaired) electrons. The van der Waals surface area contributed by atoms with Crippen LogP contribution in [0.3, 0.4) is 0 Å². The molecule has 0 aromatic heterocycles. The van der Waals surface area contributed by atoms with Gasteiger partial charge in [-0.2, -0.15) is 0 Å². The number of anilines is 1. The maximum atomic E-state index is 12.2. The van der Waals surface area contributed by atoms with E-state index in [2.05, 4.69) is 17.4 Å². The molecular formula is C26H28N2O4. The molecule has 2 N–H and O–H groups in total. The van der Waals surface area contributed by atoms with Crippen molar-refractivity contribution in [2.45, 2.75) is 32.6 Å². The molecule has 0 spiro atoms. The minimum absolute atomic E-state index is 0.0136. The minimum atomic E-state index is -0.711. The van der Waals surface area contributed by atoms with Crippen LogP contribution in [0.25, 0.3) is 0 Å². The number of hydrogen-bond donors (Lipinski definition) is 2. The van der Waals surface area contributed by atoms with Crippen LogP contribution in [0.15, 0.2) is 84.0 Å². The molecule has 32 heavy (non-hydrogen) atoms. The monoisotopic (exact) mass is 432 g/mol. The van der Waals surface area contributed by atoms with Crippen molar-refractivity contribution in [3.8, 4) is 11.5 Å². The van der Waals surface area contributed by atoms with E-state index in [1.54, 1.807) is 30.3 Å². The molecule has 6 nitrogen and oxygen atoms in total. The highest BCUT2D eigenvalue weighted by molar-refractivity contribution is 6.04. The lowest BCUT2D eigenvalue weighted by Gasteiger charge is -2.11. The summed E-state index contributed by atoms with van der Waals surface area (Å²) < 4.78 is 5.71. The molecule has 0 saturated carbocycles. The highest BCUT2D eigenvalue weighted by Gasteiger charge is 2.14. The summed E-state index contributed by atoms with van der Waals surface area (Å²) in [5, 5.41) is 17.3. The van der Waals surface area contributed by atoms with Gasteiger partial charge >= 0.3 is 6.09 Å². The Hall–Kier alpha value is -3.80. The third kappa shape index (κ3) is 7.16. The Morgan fingerprint density at radius 1 is 0.969 bits per heavy atom. The number of unbranched alkanes of at least 4 members (excludes halogenated alkanes) is 2. The number of oxime groups is 1. The molecular weight excluding hydrogens is 404 g/mol. The van der Waals surface area contributed by atoms with Gasteiger partial charge in [-0.1, -0.05) is 73.5 Å². The van der Waals surface area contributed by atoms with Crippen LogP contribution in [0.4, 0.5) is 10.5 Å². The van der Waals surface area contributed by atoms with Crippen LogP contribution in [0.2, 0.25) is 0 Å². The van der Waals surface area contributed by atoms with Crippen LogP contribution in [0, 0.1) is 0 Å². The van der Waals surface area contributed by atoms with Crippen LogP contribution in [0.1, 0.15) is 37.3 Å². The summed E-state index contributed by atoms with van der Waals surface area (Å²) in [7, 11) is 0. The summed E-state index contributed by atoms with van der Waals surface area (Å²) in [5.41, 5.74) is 2.47. The number of benzene rings is 3. The molecule has 0 saturated heterocycles. The number of amides is 1. The van der Waals surface area contributed by atoms with Gasteiger partial charge in [0.2, 0.25) is 0 Å². The third-order valence-electron chi connectivity index (χ3n) is 4.77. The number of ether oxygens (including phenoxy) is 1. The lowest BCUT2D eigenvalue weighted by molar-refractivity contribution is 0.166. The predicted molar refractivity (Wildman–Crippen MR) is 126 cm³/mol. The van der Waals surface area contributed by atoms with E-state index >= 15 is 0 Å². The lowest BCUT2D eigenvalue weighted by Crippen LogP contribution is -2.14. The van der Waals surface area contributed by atoms with Crippen LogP contribution in [0.5, 0.6) is 11.5 Å². The summed E-state index contributed by atoms with van der Waals surface area (Å²) in [6.07, 6.45) is 2.84. The number of phenols is 1. The first-order valence-corrected chi connectivity index (χ1v) is 10.8. The fourth-order valence-electron chi connectivity index (χ4n) is 3.11. The van der Waals surface area contributed by atoms with E-state index in [1.165, 1.54) is 0 Å². The smallest absolute Gasteiger partial charge is 0.437 e. The van der Waals surface area contributed by atoms with Gasteiger partial charge in [-0.3, -0.25) is 10.2 Å². The molecule has 1 amide bonds. The zero-order valence-corrected chi connectivity index (χ0v) is 18.2. The number of aromatic hydroxyl groups is 1. The summed E-state index contributed by atoms with van der Waals surface area (Å²) in [6, 6.07) is 23.7. The van der Waals surface area contributed by atoms with Gasteiger partial charge in [0.25, 0.3) is 0 Å². The van der Waals surface area contributed by atoms with Crippen molar-refractivity contribution in [1.29, 1.82) is 0 Å². The first kappa shape index (κ1) is 22.9. The Morgan fingerprint density at radius 2 is 1.69 bits per heavy atom. The van der Waals surface area contributed by atoms with E-state index in [4.69, 9.17) is 9.57 Å². The maximum Gasteiger partial charge on any atom is 0.437 e. The van der Waals surface area contributed by atoms with Crippen LogP contribution in [-0.2, 0) is 11.3 Å². The van der Waals surface area contributed by atoms with E-state index in [-0.39, 0.29) is 5.75 Å². The van der Waals surface area contributed by atoms with Crippen molar-refractivity contribution >= 4 is 17.5 Å². The normalized spacial score (nSPS) is 11.1. The number of carbonyl (C=O) groups excluding carboxylic acids is 1. The molecule has 0 heterocycles. The van der Waals surface area contributed by atoms with Gasteiger partial charge in [0.15, 0.2) is 0 Å². The fourth-order valence-corrected chi connectivity index (χ4v) is 3.11. The van der Waals surface area contributed by atoms with Gasteiger partial charge in [0.1, 0.15) is 11.5 Å². The Balaban J connectivity index is 1.76. The average Bonchev–Trinajstić information content (AvgIpc) is 2.81. The summed E-state index contributed by atoms with van der Waals surface area (Å²) in [6.45, 7) is 2.73. The molecule has 0 bridgehead atoms. The number of carbonyl (C=O) groups is 1. The molecule has 3 aromatic carbocycles. The molecule has 6 heteroatoms. The third-order valence-corrected chi connectivity index (χ3v) is 4.77. The zero-order valence-electron chi connectivity index (χ0n) is 18.2. The van der Waals surface area contributed by atoms with Gasteiger partial charge in [-0.15, -0.1) is 0 Å². The molecule has 0 atom stereocenters. The Kier molecular flexibility index (Phi) is 8.69. The first-order valence-electron chi connectivity index (χ1n) is 10.8. The van der Waals surface area contributed by atoms with Gasteiger partial charge < -0.3 is 9.84 Å². The molecule has 0 aliphatic heterocycles. The number of nitrogens with one attached hydrogen (secondary N) is 1. The Labute approximate surface area is 188 Å². The quantitative estimate of drug-likeness (QED) is 0.174. The van der Waals surface area contributed by atoms with Crippen molar-refractivity contribution in [2.24, 2.45) is 5.16 Å². The topological polar surface area (TPSA) is 80.2 Å². The predicted octanol–water partition coefficient (Wildman–Crippen LogP) is 6.16. The van der Waals surface area contributed by atoms with E-state index in [1.807, 2.05) is 48.5 Å². The molecule has 0 aliphatic rings. The van der Waals surface area contributed by atoms with Crippen LogP contribution < -0.4 is 10.1 Å². The second-order valence-electron chi connectivity index (χ2n) is 7.30. The van der Waals surface area contributed by atoms with Crippen LogP contribution >= 0.6 is 0 Å². The molecule has 3 aromatic rings. The Bertz CT molecular complexity index is 1020. The summed E-state index contributed by atoms with van der Waals surface area (Å²) >= 11 is 0. The van der Waals surface area contributed by atoms with Gasteiger partial charge in [0, 0.05) is 23.7 Å². The van der Waals surface area contributed by atoms with Crippen molar-refractivity contribution in [3.63, 3.8) is 0 Å². The van der Waals surface area contributed by atoms with Crippen molar-refractivity contribution in [2.75, 3.05) is 11.9 Å². The highest BCUT2D eigenvalue weighted by atomic mass is 16.7. The Morgan fingerprint density at radius 3 is 2.38 bits per heavy atom. The molecule has 0 unspecified atom stereocenters. The average molecular weight is 433 g/mol. The minimum Gasteiger partial charge on any atom is -0.507 e. The number of phenolic OH excluding ortho intramolecular Hbond substituents is 1. The first-order chi connectivity index (χ1) is 15.7. The van der Waals surface area contributed by atoms with Crippen molar-refractivity contribution in [3.05, 3.63) is 90.0 Å². The van der Waals surface area contributed by atoms with E-state index in [0.717, 1.165) is 24.8 Å². The molecule has 3 rings (SSSR count). The zero-order chi connectivity index (χ0) is 22.6. The molecule has 166 valence electrons. The summed E-state index contributed by atoms with van der Waals surface area (Å²) in [4.78, 5) is 17.3. The lowest BCUT2D eigenvalue weighted by atomic mass is 10.0. The molecule has 0 fully saturated rings. The number of hydrogen-bond acceptors (Lipinski definition) is 5. The van der Waals surface area contributed by atoms with E-state index in [9.17, 15) is 9.90 Å². The largest absolute Gasteiger partial charge is 0.507 e. The number of rotatable bonds is 10. The van der Waals surface area contributed by atoms with Crippen molar-refractivity contribution in [1.82, 2.24) is 0 Å². The molecule has 0 aliphatic carbocycles. The number of nitrogens with zero attached hydrogens (tertiary/aromatic N) is 1. The standard InChI is InChI=1S/C26H28N2O4/c1-2-3-10-17-31-22-15-16-23(25(29)19-22)24(18-20-11-6-4-7-12-20)28-32-26(30)27-21-13-8-5-9-14-21/h4-9,11-16,19,29H,2-3,10,17-18H2,1H3,(H,27,30)/b28-24+. The van der Waals surface area contributed by atoms with E-state index in [0.29, 0.717) is 35.7 Å². The SMILES string of the molecule is CCCCCOc1ccc(/C(Cc2ccccc2)=N/OC(=O)Nc2ccccc2)c(O)c1. The van der Waals surface area contributed by atoms with Gasteiger partial charge in [0.05, 0.1) is 12.3 Å². The second-order valence-corrected chi connectivity index (χ2v) is 7.30. The van der Waals surface area contributed by atoms with Gasteiger partial charge in [-0.05, 0) is 36.2 Å².